The van der Waals surface area contributed by atoms with Gasteiger partial charge in [0.15, 0.2) is 0 Å². The molecule has 1 aromatic rings. The number of aryl methyl sites for hydroxylation is 1. The molecule has 0 aliphatic heterocycles. The van der Waals surface area contributed by atoms with Crippen molar-refractivity contribution in [3.05, 3.63) is 11.8 Å². The molecular formula is C14H27N5. The lowest BCUT2D eigenvalue weighted by Crippen LogP contribution is -2.24. The lowest BCUT2D eigenvalue weighted by molar-refractivity contribution is 0.405. The van der Waals surface area contributed by atoms with E-state index in [9.17, 15) is 0 Å². The highest BCUT2D eigenvalue weighted by Gasteiger charge is 2.07. The van der Waals surface area contributed by atoms with Gasteiger partial charge >= 0.3 is 0 Å². The quantitative estimate of drug-likeness (QED) is 0.728. The molecule has 0 spiro atoms. The van der Waals surface area contributed by atoms with Crippen molar-refractivity contribution in [1.82, 2.24) is 14.9 Å². The highest BCUT2D eigenvalue weighted by molar-refractivity contribution is 5.44. The molecule has 19 heavy (non-hydrogen) atoms. The fourth-order valence-electron chi connectivity index (χ4n) is 1.94. The molecule has 0 unspecified atom stereocenters. The van der Waals surface area contributed by atoms with Crippen LogP contribution in [0.1, 0.15) is 26.0 Å². The minimum Gasteiger partial charge on any atom is -0.357 e. The molecule has 1 aromatic heterocycles. The van der Waals surface area contributed by atoms with E-state index in [4.69, 9.17) is 0 Å². The summed E-state index contributed by atoms with van der Waals surface area (Å²) in [5, 5.41) is 3.31. The van der Waals surface area contributed by atoms with Gasteiger partial charge in [-0.15, -0.1) is 0 Å². The number of anilines is 2. The first-order valence-electron chi connectivity index (χ1n) is 7.06. The number of nitrogens with one attached hydrogen (secondary N) is 1. The van der Waals surface area contributed by atoms with E-state index in [2.05, 4.69) is 53.0 Å². The van der Waals surface area contributed by atoms with Crippen molar-refractivity contribution in [1.29, 1.82) is 0 Å². The number of hydrogen-bond donors (Lipinski definition) is 1. The van der Waals surface area contributed by atoms with E-state index in [1.165, 1.54) is 0 Å². The van der Waals surface area contributed by atoms with Crippen LogP contribution in [0.3, 0.4) is 0 Å². The molecule has 5 nitrogen and oxygen atoms in total. The van der Waals surface area contributed by atoms with E-state index in [0.29, 0.717) is 0 Å². The van der Waals surface area contributed by atoms with Gasteiger partial charge in [-0.2, -0.15) is 4.98 Å². The lowest BCUT2D eigenvalue weighted by atomic mass is 10.3. The summed E-state index contributed by atoms with van der Waals surface area (Å²) in [5.74, 6) is 1.74. The summed E-state index contributed by atoms with van der Waals surface area (Å²) < 4.78 is 0. The molecule has 0 radical (unpaired) electrons. The average Bonchev–Trinajstić information content (AvgIpc) is 2.35. The van der Waals surface area contributed by atoms with E-state index >= 15 is 0 Å². The minimum atomic E-state index is 0.737. The standard InChI is InChI=1S/C14H27N5/c1-6-19(7-2)13-11-12(3)16-14(17-13)15-9-8-10-18(4)5/h11H,6-10H2,1-5H3,(H,15,16,17). The molecule has 0 aliphatic carbocycles. The second-order valence-corrected chi connectivity index (χ2v) is 4.95. The topological polar surface area (TPSA) is 44.3 Å². The van der Waals surface area contributed by atoms with E-state index in [0.717, 1.165) is 50.1 Å². The van der Waals surface area contributed by atoms with Gasteiger partial charge in [-0.1, -0.05) is 0 Å². The second-order valence-electron chi connectivity index (χ2n) is 4.95. The molecule has 0 aromatic carbocycles. The van der Waals surface area contributed by atoms with Gasteiger partial charge in [0.25, 0.3) is 0 Å². The number of aromatic nitrogens is 2. The molecule has 0 aliphatic rings. The fraction of sp³-hybridized carbons (Fsp3) is 0.714. The Morgan fingerprint density at radius 2 is 1.84 bits per heavy atom. The molecule has 0 atom stereocenters. The normalized spacial score (nSPS) is 10.8. The average molecular weight is 265 g/mol. The Labute approximate surface area is 117 Å². The molecule has 0 fully saturated rings. The predicted octanol–water partition coefficient (Wildman–Crippen LogP) is 1.99. The Balaban J connectivity index is 2.63. The van der Waals surface area contributed by atoms with Crippen LogP contribution in [0.25, 0.3) is 0 Å². The second kappa shape index (κ2) is 7.94. The van der Waals surface area contributed by atoms with Gasteiger partial charge in [0.2, 0.25) is 5.95 Å². The van der Waals surface area contributed by atoms with Crippen LogP contribution in [0.15, 0.2) is 6.07 Å². The van der Waals surface area contributed by atoms with Gasteiger partial charge in [-0.05, 0) is 47.8 Å². The number of nitrogens with zero attached hydrogens (tertiary/aromatic N) is 4. The Morgan fingerprint density at radius 3 is 2.42 bits per heavy atom. The van der Waals surface area contributed by atoms with E-state index in [1.54, 1.807) is 0 Å². The third kappa shape index (κ3) is 5.42. The van der Waals surface area contributed by atoms with Crippen LogP contribution in [-0.2, 0) is 0 Å². The van der Waals surface area contributed by atoms with Crippen molar-refractivity contribution < 1.29 is 0 Å². The van der Waals surface area contributed by atoms with Crippen molar-refractivity contribution in [3.63, 3.8) is 0 Å². The zero-order chi connectivity index (χ0) is 14.3. The highest BCUT2D eigenvalue weighted by atomic mass is 15.2. The van der Waals surface area contributed by atoms with Crippen LogP contribution in [0.2, 0.25) is 0 Å². The third-order valence-electron chi connectivity index (χ3n) is 2.99. The number of hydrogen-bond acceptors (Lipinski definition) is 5. The zero-order valence-electron chi connectivity index (χ0n) is 12.9. The maximum absolute atomic E-state index is 4.58. The molecule has 0 amide bonds. The van der Waals surface area contributed by atoms with E-state index in [1.807, 2.05) is 13.0 Å². The van der Waals surface area contributed by atoms with Crippen LogP contribution < -0.4 is 10.2 Å². The first-order chi connectivity index (χ1) is 9.06. The summed E-state index contributed by atoms with van der Waals surface area (Å²) in [4.78, 5) is 13.4. The molecule has 1 rings (SSSR count). The Bertz CT molecular complexity index is 374. The van der Waals surface area contributed by atoms with Crippen molar-refractivity contribution in [2.45, 2.75) is 27.2 Å². The molecule has 1 heterocycles. The third-order valence-corrected chi connectivity index (χ3v) is 2.99. The molecule has 0 bridgehead atoms. The highest BCUT2D eigenvalue weighted by Crippen LogP contribution is 2.14. The van der Waals surface area contributed by atoms with Crippen LogP contribution >= 0.6 is 0 Å². The summed E-state index contributed by atoms with van der Waals surface area (Å²) in [6.45, 7) is 10.2. The predicted molar refractivity (Wildman–Crippen MR) is 82.0 cm³/mol. The SMILES string of the molecule is CCN(CC)c1cc(C)nc(NCCCN(C)C)n1. The maximum Gasteiger partial charge on any atom is 0.224 e. The maximum atomic E-state index is 4.58. The van der Waals surface area contributed by atoms with Crippen molar-refractivity contribution in [3.8, 4) is 0 Å². The van der Waals surface area contributed by atoms with Gasteiger partial charge in [0.05, 0.1) is 0 Å². The van der Waals surface area contributed by atoms with Crippen LogP contribution in [0.5, 0.6) is 0 Å². The molecule has 1 N–H and O–H groups in total. The summed E-state index contributed by atoms with van der Waals surface area (Å²) >= 11 is 0. The molecular weight excluding hydrogens is 238 g/mol. The summed E-state index contributed by atoms with van der Waals surface area (Å²) in [7, 11) is 4.17. The van der Waals surface area contributed by atoms with Gasteiger partial charge in [0.1, 0.15) is 5.82 Å². The van der Waals surface area contributed by atoms with Crippen LogP contribution in [-0.4, -0.2) is 55.1 Å². The van der Waals surface area contributed by atoms with Crippen LogP contribution in [0, 0.1) is 6.92 Å². The minimum absolute atomic E-state index is 0.737. The van der Waals surface area contributed by atoms with Crippen molar-refractivity contribution >= 4 is 11.8 Å². The molecule has 0 saturated heterocycles. The van der Waals surface area contributed by atoms with Crippen molar-refractivity contribution in [2.75, 3.05) is 50.5 Å². The first-order valence-corrected chi connectivity index (χ1v) is 7.06. The summed E-state index contributed by atoms with van der Waals surface area (Å²) in [6.07, 6.45) is 1.09. The Kier molecular flexibility index (Phi) is 6.56. The smallest absolute Gasteiger partial charge is 0.224 e. The van der Waals surface area contributed by atoms with Gasteiger partial charge in [-0.25, -0.2) is 4.98 Å². The van der Waals surface area contributed by atoms with E-state index < -0.39 is 0 Å². The molecule has 5 heteroatoms. The zero-order valence-corrected chi connectivity index (χ0v) is 12.9. The molecule has 108 valence electrons. The monoisotopic (exact) mass is 265 g/mol. The van der Waals surface area contributed by atoms with Crippen molar-refractivity contribution in [2.24, 2.45) is 0 Å². The van der Waals surface area contributed by atoms with Crippen LogP contribution in [0.4, 0.5) is 11.8 Å². The Morgan fingerprint density at radius 1 is 1.16 bits per heavy atom. The van der Waals surface area contributed by atoms with E-state index in [-0.39, 0.29) is 0 Å². The molecule has 0 saturated carbocycles. The Hall–Kier alpha value is -1.36. The van der Waals surface area contributed by atoms with Gasteiger partial charge in [-0.3, -0.25) is 0 Å². The van der Waals surface area contributed by atoms with Gasteiger partial charge < -0.3 is 15.1 Å². The first kappa shape index (κ1) is 15.7. The lowest BCUT2D eigenvalue weighted by Gasteiger charge is -2.20. The summed E-state index contributed by atoms with van der Waals surface area (Å²) in [6, 6.07) is 2.04. The number of rotatable bonds is 8. The fourth-order valence-corrected chi connectivity index (χ4v) is 1.94. The summed E-state index contributed by atoms with van der Waals surface area (Å²) in [5.41, 5.74) is 1.01. The largest absolute Gasteiger partial charge is 0.357 e. The van der Waals surface area contributed by atoms with Gasteiger partial charge in [0, 0.05) is 31.4 Å².